The number of aryl methyl sites for hydroxylation is 1. The number of anilines is 1. The van der Waals surface area contributed by atoms with Crippen molar-refractivity contribution in [3.05, 3.63) is 65.9 Å². The molecule has 12 nitrogen and oxygen atoms in total. The third-order valence-electron chi connectivity index (χ3n) is 6.72. The van der Waals surface area contributed by atoms with E-state index < -0.39 is 37.7 Å². The van der Waals surface area contributed by atoms with E-state index >= 15 is 0 Å². The lowest BCUT2D eigenvalue weighted by Crippen LogP contribution is -2.28. The molecule has 2 amide bonds. The van der Waals surface area contributed by atoms with Gasteiger partial charge in [-0.15, -0.1) is 0 Å². The lowest BCUT2D eigenvalue weighted by molar-refractivity contribution is -0.117. The molecule has 0 aliphatic carbocycles. The number of aromatic nitrogens is 3. The van der Waals surface area contributed by atoms with Crippen molar-refractivity contribution in [1.82, 2.24) is 19.5 Å². The van der Waals surface area contributed by atoms with Gasteiger partial charge >= 0.3 is 0 Å². The Morgan fingerprint density at radius 1 is 1.07 bits per heavy atom. The van der Waals surface area contributed by atoms with Gasteiger partial charge in [0.1, 0.15) is 5.75 Å². The van der Waals surface area contributed by atoms with Crippen molar-refractivity contribution in [3.8, 4) is 17.0 Å². The first kappa shape index (κ1) is 28.2. The Labute approximate surface area is 236 Å². The highest BCUT2D eigenvalue weighted by Crippen LogP contribution is 2.33. The van der Waals surface area contributed by atoms with Gasteiger partial charge in [0.25, 0.3) is 15.9 Å². The number of hydrogen-bond acceptors (Lipinski definition) is 9. The molecule has 5 rings (SSSR count). The number of hydrogen-bond donors (Lipinski definition) is 2. The van der Waals surface area contributed by atoms with Gasteiger partial charge in [0, 0.05) is 18.2 Å². The molecule has 4 aromatic rings. The van der Waals surface area contributed by atoms with Crippen molar-refractivity contribution < 1.29 is 31.2 Å². The fourth-order valence-electron chi connectivity index (χ4n) is 4.79. The Morgan fingerprint density at radius 2 is 1.76 bits per heavy atom. The molecule has 3 heterocycles. The van der Waals surface area contributed by atoms with E-state index in [4.69, 9.17) is 9.72 Å². The first-order valence-electron chi connectivity index (χ1n) is 12.6. The minimum Gasteiger partial charge on any atom is -0.497 e. The molecule has 1 atom stereocenters. The second kappa shape index (κ2) is 10.6. The molecule has 2 aromatic heterocycles. The minimum atomic E-state index is -4.03. The molecule has 214 valence electrons. The summed E-state index contributed by atoms with van der Waals surface area (Å²) >= 11 is 0. The van der Waals surface area contributed by atoms with E-state index in [1.54, 1.807) is 49.0 Å². The monoisotopic (exact) mass is 597 g/mol. The minimum absolute atomic E-state index is 0.0528. The Kier molecular flexibility index (Phi) is 7.30. The zero-order valence-corrected chi connectivity index (χ0v) is 24.0. The Morgan fingerprint density at radius 3 is 2.34 bits per heavy atom. The first-order valence-corrected chi connectivity index (χ1v) is 15.9. The van der Waals surface area contributed by atoms with E-state index in [9.17, 15) is 26.4 Å². The Hall–Kier alpha value is -4.30. The Bertz CT molecular complexity index is 1880. The molecule has 1 saturated heterocycles. The van der Waals surface area contributed by atoms with Gasteiger partial charge in [-0.25, -0.2) is 31.2 Å². The fourth-order valence-corrected chi connectivity index (χ4v) is 7.47. The number of amides is 2. The molecule has 41 heavy (non-hydrogen) atoms. The van der Waals surface area contributed by atoms with Gasteiger partial charge in [0.2, 0.25) is 5.91 Å². The smallest absolute Gasteiger partial charge is 0.264 e. The molecule has 1 fully saturated rings. The average molecular weight is 598 g/mol. The van der Waals surface area contributed by atoms with Crippen LogP contribution in [0.1, 0.15) is 35.4 Å². The third kappa shape index (κ3) is 5.79. The predicted molar refractivity (Wildman–Crippen MR) is 152 cm³/mol. The number of carbonyl (C=O) groups excluding carboxylic acids is 2. The molecular weight excluding hydrogens is 570 g/mol. The SMILES string of the molecule is COc1ccc(-c2cc(C(=O)Nc3ccc(S(=O)(=O)NC(C)=O)cc3)c3c(C)nn(C4CCS(=O)(=O)C4)c3n2)cc1. The maximum Gasteiger partial charge on any atom is 0.264 e. The van der Waals surface area contributed by atoms with Gasteiger partial charge in [0.15, 0.2) is 15.5 Å². The number of benzene rings is 2. The number of methoxy groups -OCH3 is 1. The van der Waals surface area contributed by atoms with Crippen LogP contribution in [0.2, 0.25) is 0 Å². The molecule has 0 radical (unpaired) electrons. The maximum absolute atomic E-state index is 13.7. The second-order valence-corrected chi connectivity index (χ2v) is 13.6. The highest BCUT2D eigenvalue weighted by Gasteiger charge is 2.32. The van der Waals surface area contributed by atoms with Gasteiger partial charge in [0.05, 0.1) is 51.9 Å². The van der Waals surface area contributed by atoms with Crippen molar-refractivity contribution in [2.24, 2.45) is 0 Å². The highest BCUT2D eigenvalue weighted by molar-refractivity contribution is 7.91. The number of nitrogens with zero attached hydrogens (tertiary/aromatic N) is 3. The van der Waals surface area contributed by atoms with Crippen molar-refractivity contribution in [1.29, 1.82) is 0 Å². The molecule has 14 heteroatoms. The average Bonchev–Trinajstić information content (AvgIpc) is 3.46. The first-order chi connectivity index (χ1) is 19.4. The second-order valence-electron chi connectivity index (χ2n) is 9.71. The normalized spacial score (nSPS) is 16.4. The summed E-state index contributed by atoms with van der Waals surface area (Å²) in [4.78, 5) is 29.6. The van der Waals surface area contributed by atoms with Crippen molar-refractivity contribution in [3.63, 3.8) is 0 Å². The zero-order chi connectivity index (χ0) is 29.5. The summed E-state index contributed by atoms with van der Waals surface area (Å²) in [6.07, 6.45) is 0.391. The largest absolute Gasteiger partial charge is 0.497 e. The third-order valence-corrected chi connectivity index (χ3v) is 9.92. The van der Waals surface area contributed by atoms with Crippen molar-refractivity contribution >= 4 is 48.4 Å². The van der Waals surface area contributed by atoms with Crippen molar-refractivity contribution in [2.45, 2.75) is 31.2 Å². The molecule has 1 aliphatic rings. The van der Waals surface area contributed by atoms with E-state index in [1.807, 2.05) is 4.72 Å². The summed E-state index contributed by atoms with van der Waals surface area (Å²) in [6, 6.07) is 13.7. The predicted octanol–water partition coefficient (Wildman–Crippen LogP) is 2.85. The fraction of sp³-hybridized carbons (Fsp3) is 0.259. The molecule has 0 saturated carbocycles. The van der Waals surface area contributed by atoms with Crippen LogP contribution in [0, 0.1) is 6.92 Å². The molecule has 2 N–H and O–H groups in total. The molecule has 0 spiro atoms. The number of pyridine rings is 1. The topological polar surface area (TPSA) is 166 Å². The number of sulfonamides is 1. The highest BCUT2D eigenvalue weighted by atomic mass is 32.2. The lowest BCUT2D eigenvalue weighted by Gasteiger charge is -2.13. The van der Waals surface area contributed by atoms with E-state index in [1.165, 1.54) is 24.3 Å². The van der Waals surface area contributed by atoms with Crippen LogP contribution in [-0.2, 0) is 24.7 Å². The summed E-state index contributed by atoms with van der Waals surface area (Å²) in [6.45, 7) is 2.83. The zero-order valence-electron chi connectivity index (χ0n) is 22.4. The molecular formula is C27H27N5O7S2. The van der Waals surface area contributed by atoms with Gasteiger partial charge in [-0.3, -0.25) is 9.59 Å². The lowest BCUT2D eigenvalue weighted by atomic mass is 10.0. The number of fused-ring (bicyclic) bond motifs is 1. The van der Waals surface area contributed by atoms with Gasteiger partial charge < -0.3 is 10.1 Å². The number of nitrogens with one attached hydrogen (secondary N) is 2. The van der Waals surface area contributed by atoms with Crippen LogP contribution in [0.5, 0.6) is 5.75 Å². The Balaban J connectivity index is 1.57. The molecule has 1 aliphatic heterocycles. The summed E-state index contributed by atoms with van der Waals surface area (Å²) in [7, 11) is -5.68. The van der Waals surface area contributed by atoms with Crippen LogP contribution in [0.15, 0.2) is 59.5 Å². The van der Waals surface area contributed by atoms with E-state index in [-0.39, 0.29) is 22.0 Å². The summed E-state index contributed by atoms with van der Waals surface area (Å²) < 4.78 is 57.7. The van der Waals surface area contributed by atoms with Crippen LogP contribution in [0.25, 0.3) is 22.3 Å². The molecule has 0 bridgehead atoms. The van der Waals surface area contributed by atoms with Crippen LogP contribution < -0.4 is 14.8 Å². The van der Waals surface area contributed by atoms with Gasteiger partial charge in [-0.05, 0) is 67.9 Å². The summed E-state index contributed by atoms with van der Waals surface area (Å²) in [5, 5.41) is 7.86. The van der Waals surface area contributed by atoms with Crippen LogP contribution in [0.3, 0.4) is 0 Å². The molecule has 1 unspecified atom stereocenters. The summed E-state index contributed by atoms with van der Waals surface area (Å²) in [5.41, 5.74) is 2.67. The quantitative estimate of drug-likeness (QED) is 0.326. The number of ether oxygens (including phenoxy) is 1. The van der Waals surface area contributed by atoms with Crippen LogP contribution in [-0.4, -0.2) is 62.0 Å². The number of carbonyl (C=O) groups is 2. The van der Waals surface area contributed by atoms with Crippen LogP contribution >= 0.6 is 0 Å². The van der Waals surface area contributed by atoms with Crippen LogP contribution in [0.4, 0.5) is 5.69 Å². The summed E-state index contributed by atoms with van der Waals surface area (Å²) in [5.74, 6) is -0.576. The number of rotatable bonds is 7. The maximum atomic E-state index is 13.7. The molecule has 2 aromatic carbocycles. The van der Waals surface area contributed by atoms with Gasteiger partial charge in [-0.2, -0.15) is 5.10 Å². The van der Waals surface area contributed by atoms with Crippen molar-refractivity contribution in [2.75, 3.05) is 23.9 Å². The van der Waals surface area contributed by atoms with E-state index in [2.05, 4.69) is 10.4 Å². The van der Waals surface area contributed by atoms with E-state index in [0.717, 1.165) is 6.92 Å². The standard InChI is InChI=1S/C27H27N5O7S2/c1-16-25-23(27(34)28-19-6-10-22(11-7-19)41(37,38)31-17(2)33)14-24(18-4-8-21(39-3)9-5-18)29-26(25)32(30-16)20-12-13-40(35,36)15-20/h4-11,14,20H,12-13,15H2,1-3H3,(H,28,34)(H,31,33). The van der Waals surface area contributed by atoms with E-state index in [0.29, 0.717) is 45.8 Å². The van der Waals surface area contributed by atoms with Gasteiger partial charge in [-0.1, -0.05) is 0 Å². The number of sulfone groups is 1.